The van der Waals surface area contributed by atoms with Gasteiger partial charge in [-0.1, -0.05) is 13.3 Å². The quantitative estimate of drug-likeness (QED) is 0.719. The minimum Gasteiger partial charge on any atom is -0.480 e. The van der Waals surface area contributed by atoms with Crippen molar-refractivity contribution in [2.75, 3.05) is 0 Å². The molecule has 0 fully saturated rings. The molecular weight excluding hydrogens is 172 g/mol. The van der Waals surface area contributed by atoms with Gasteiger partial charge >= 0.3 is 11.7 Å². The van der Waals surface area contributed by atoms with Crippen molar-refractivity contribution >= 4 is 5.97 Å². The highest BCUT2D eigenvalue weighted by Gasteiger charge is 2.19. The van der Waals surface area contributed by atoms with Gasteiger partial charge in [0.1, 0.15) is 6.04 Å². The van der Waals surface area contributed by atoms with Crippen LogP contribution in [0.1, 0.15) is 25.8 Å². The summed E-state index contributed by atoms with van der Waals surface area (Å²) in [5, 5.41) is 8.83. The summed E-state index contributed by atoms with van der Waals surface area (Å²) in [6.45, 7) is 1.88. The Kier molecular flexibility index (Phi) is 2.89. The molecule has 1 aromatic rings. The van der Waals surface area contributed by atoms with Gasteiger partial charge in [-0.25, -0.2) is 9.59 Å². The third-order valence-corrected chi connectivity index (χ3v) is 1.86. The fourth-order valence-electron chi connectivity index (χ4n) is 1.23. The molecule has 72 valence electrons. The number of nitrogens with zero attached hydrogens (tertiary/aromatic N) is 1. The molecule has 0 aliphatic rings. The van der Waals surface area contributed by atoms with E-state index in [4.69, 9.17) is 5.11 Å². The van der Waals surface area contributed by atoms with Crippen LogP contribution in [0.4, 0.5) is 0 Å². The molecule has 0 saturated heterocycles. The van der Waals surface area contributed by atoms with Crippen molar-refractivity contribution in [1.29, 1.82) is 0 Å². The summed E-state index contributed by atoms with van der Waals surface area (Å²) >= 11 is 0. The lowest BCUT2D eigenvalue weighted by atomic mass is 10.2. The van der Waals surface area contributed by atoms with Gasteiger partial charge in [-0.2, -0.15) is 0 Å². The maximum Gasteiger partial charge on any atom is 0.326 e. The number of aliphatic carboxylic acids is 1. The van der Waals surface area contributed by atoms with Gasteiger partial charge in [-0.3, -0.25) is 4.57 Å². The number of carboxylic acids is 1. The molecule has 1 heterocycles. The van der Waals surface area contributed by atoms with Crippen molar-refractivity contribution in [3.05, 3.63) is 22.9 Å². The van der Waals surface area contributed by atoms with E-state index in [9.17, 15) is 9.59 Å². The largest absolute Gasteiger partial charge is 0.480 e. The third kappa shape index (κ3) is 1.99. The van der Waals surface area contributed by atoms with Crippen LogP contribution in [0.3, 0.4) is 0 Å². The van der Waals surface area contributed by atoms with Gasteiger partial charge in [0, 0.05) is 12.4 Å². The molecule has 0 aromatic carbocycles. The summed E-state index contributed by atoms with van der Waals surface area (Å²) < 4.78 is 1.20. The Bertz CT molecular complexity index is 339. The summed E-state index contributed by atoms with van der Waals surface area (Å²) in [4.78, 5) is 24.3. The van der Waals surface area contributed by atoms with Crippen LogP contribution in [-0.4, -0.2) is 20.6 Å². The highest BCUT2D eigenvalue weighted by Crippen LogP contribution is 2.10. The van der Waals surface area contributed by atoms with Crippen LogP contribution in [0, 0.1) is 0 Å². The second kappa shape index (κ2) is 3.93. The van der Waals surface area contributed by atoms with E-state index >= 15 is 0 Å². The molecule has 0 aliphatic carbocycles. The second-order valence-corrected chi connectivity index (χ2v) is 2.82. The zero-order valence-corrected chi connectivity index (χ0v) is 7.36. The van der Waals surface area contributed by atoms with E-state index in [0.29, 0.717) is 6.42 Å². The van der Waals surface area contributed by atoms with Crippen molar-refractivity contribution in [1.82, 2.24) is 9.55 Å². The maximum atomic E-state index is 11.1. The summed E-state index contributed by atoms with van der Waals surface area (Å²) in [6, 6.07) is -0.747. The lowest BCUT2D eigenvalue weighted by Gasteiger charge is -2.10. The first-order valence-corrected chi connectivity index (χ1v) is 4.15. The van der Waals surface area contributed by atoms with E-state index in [1.807, 2.05) is 6.92 Å². The average Bonchev–Trinajstić information content (AvgIpc) is 2.47. The summed E-state index contributed by atoms with van der Waals surface area (Å²) in [5.74, 6) is -0.969. The van der Waals surface area contributed by atoms with Gasteiger partial charge in [0.25, 0.3) is 0 Å². The zero-order chi connectivity index (χ0) is 9.84. The van der Waals surface area contributed by atoms with Gasteiger partial charge in [-0.15, -0.1) is 0 Å². The normalized spacial score (nSPS) is 12.7. The van der Waals surface area contributed by atoms with Crippen LogP contribution in [-0.2, 0) is 4.79 Å². The van der Waals surface area contributed by atoms with E-state index in [2.05, 4.69) is 4.98 Å². The number of nitrogens with one attached hydrogen (secondary N) is 1. The number of aromatic amines is 1. The molecule has 5 nitrogen and oxygen atoms in total. The predicted octanol–water partition coefficient (Wildman–Crippen LogP) is 0.602. The van der Waals surface area contributed by atoms with Crippen LogP contribution in [0.5, 0.6) is 0 Å². The first kappa shape index (κ1) is 9.57. The molecule has 0 spiro atoms. The highest BCUT2D eigenvalue weighted by molar-refractivity contribution is 5.71. The molecular formula is C8H12N2O3. The van der Waals surface area contributed by atoms with Crippen LogP contribution in [0.25, 0.3) is 0 Å². The van der Waals surface area contributed by atoms with Crippen LogP contribution < -0.4 is 5.69 Å². The van der Waals surface area contributed by atoms with Gasteiger partial charge < -0.3 is 10.1 Å². The maximum absolute atomic E-state index is 11.1. The predicted molar refractivity (Wildman–Crippen MR) is 46.6 cm³/mol. The Morgan fingerprint density at radius 1 is 1.77 bits per heavy atom. The number of carboxylic acid groups (broad SMARTS) is 1. The van der Waals surface area contributed by atoms with Crippen molar-refractivity contribution in [2.45, 2.75) is 25.8 Å². The van der Waals surface area contributed by atoms with Gasteiger partial charge in [-0.05, 0) is 6.42 Å². The molecule has 1 aromatic heterocycles. The topological polar surface area (TPSA) is 75.1 Å². The molecule has 0 aliphatic heterocycles. The number of aromatic nitrogens is 2. The summed E-state index contributed by atoms with van der Waals surface area (Å²) in [7, 11) is 0. The molecule has 0 bridgehead atoms. The lowest BCUT2D eigenvalue weighted by molar-refractivity contribution is -0.141. The standard InChI is InChI=1S/C8H12N2O3/c1-2-3-6(7(11)12)10-5-4-9-8(10)13/h4-6H,2-3H2,1H3,(H,9,13)(H,11,12). The Morgan fingerprint density at radius 2 is 2.46 bits per heavy atom. The molecule has 5 heteroatoms. The smallest absolute Gasteiger partial charge is 0.326 e. The fraction of sp³-hybridized carbons (Fsp3) is 0.500. The molecule has 1 atom stereocenters. The van der Waals surface area contributed by atoms with Gasteiger partial charge in [0.2, 0.25) is 0 Å². The van der Waals surface area contributed by atoms with Crippen molar-refractivity contribution in [3.63, 3.8) is 0 Å². The minimum atomic E-state index is -0.969. The molecule has 0 amide bonds. The Hall–Kier alpha value is -1.52. The van der Waals surface area contributed by atoms with Crippen LogP contribution in [0.2, 0.25) is 0 Å². The first-order valence-electron chi connectivity index (χ1n) is 4.15. The Morgan fingerprint density at radius 3 is 2.85 bits per heavy atom. The molecule has 1 rings (SSSR count). The second-order valence-electron chi connectivity index (χ2n) is 2.82. The van der Waals surface area contributed by atoms with E-state index in [0.717, 1.165) is 6.42 Å². The zero-order valence-electron chi connectivity index (χ0n) is 7.36. The van der Waals surface area contributed by atoms with Gasteiger partial charge in [0.15, 0.2) is 0 Å². The van der Waals surface area contributed by atoms with Crippen LogP contribution in [0.15, 0.2) is 17.2 Å². The van der Waals surface area contributed by atoms with Gasteiger partial charge in [0.05, 0.1) is 0 Å². The minimum absolute atomic E-state index is 0.374. The number of imidazole rings is 1. The summed E-state index contributed by atoms with van der Waals surface area (Å²) in [5.41, 5.74) is -0.374. The Labute approximate surface area is 75.0 Å². The van der Waals surface area contributed by atoms with Crippen LogP contribution >= 0.6 is 0 Å². The molecule has 1 unspecified atom stereocenters. The first-order chi connectivity index (χ1) is 6.16. The highest BCUT2D eigenvalue weighted by atomic mass is 16.4. The fourth-order valence-corrected chi connectivity index (χ4v) is 1.23. The molecule has 0 radical (unpaired) electrons. The molecule has 2 N–H and O–H groups in total. The van der Waals surface area contributed by atoms with E-state index in [1.54, 1.807) is 0 Å². The summed E-state index contributed by atoms with van der Waals surface area (Å²) in [6.07, 6.45) is 4.09. The number of H-pyrrole nitrogens is 1. The van der Waals surface area contributed by atoms with E-state index in [-0.39, 0.29) is 5.69 Å². The number of rotatable bonds is 4. The van der Waals surface area contributed by atoms with E-state index in [1.165, 1.54) is 17.0 Å². The lowest BCUT2D eigenvalue weighted by Crippen LogP contribution is -2.27. The Balaban J connectivity index is 2.95. The number of carbonyl (C=O) groups is 1. The monoisotopic (exact) mass is 184 g/mol. The molecule has 0 saturated carbocycles. The van der Waals surface area contributed by atoms with E-state index < -0.39 is 12.0 Å². The number of hydrogen-bond donors (Lipinski definition) is 2. The van der Waals surface area contributed by atoms with Crippen molar-refractivity contribution < 1.29 is 9.90 Å². The molecule has 13 heavy (non-hydrogen) atoms. The third-order valence-electron chi connectivity index (χ3n) is 1.86. The number of hydrogen-bond acceptors (Lipinski definition) is 2. The van der Waals surface area contributed by atoms with Crippen molar-refractivity contribution in [3.8, 4) is 0 Å². The SMILES string of the molecule is CCCC(C(=O)O)n1cc[nH]c1=O. The van der Waals surface area contributed by atoms with Crippen molar-refractivity contribution in [2.24, 2.45) is 0 Å². The average molecular weight is 184 g/mol.